The Balaban J connectivity index is 1.85. The van der Waals surface area contributed by atoms with Crippen LogP contribution in [0.4, 0.5) is 0 Å². The molecule has 0 aromatic carbocycles. The van der Waals surface area contributed by atoms with E-state index in [1.807, 2.05) is 18.5 Å². The zero-order valence-corrected chi connectivity index (χ0v) is 18.4. The summed E-state index contributed by atoms with van der Waals surface area (Å²) in [5.41, 5.74) is 0. The lowest BCUT2D eigenvalue weighted by Crippen LogP contribution is -2.44. The largest absolute Gasteiger partial charge is 0.379 e. The zero-order valence-electron chi connectivity index (χ0n) is 18.4. The van der Waals surface area contributed by atoms with Gasteiger partial charge in [0.1, 0.15) is 12.4 Å². The number of aromatic nitrogens is 3. The van der Waals surface area contributed by atoms with Gasteiger partial charge in [0.25, 0.3) is 0 Å². The number of nitrogens with zero attached hydrogens (tertiary/aromatic N) is 5. The third-order valence-electron chi connectivity index (χ3n) is 5.17. The molecule has 1 aliphatic rings. The summed E-state index contributed by atoms with van der Waals surface area (Å²) in [4.78, 5) is 7.22. The summed E-state index contributed by atoms with van der Waals surface area (Å²) >= 11 is 0. The molecule has 0 amide bonds. The van der Waals surface area contributed by atoms with E-state index in [9.17, 15) is 0 Å². The van der Waals surface area contributed by atoms with Gasteiger partial charge < -0.3 is 19.9 Å². The maximum Gasteiger partial charge on any atom is 0.191 e. The quantitative estimate of drug-likeness (QED) is 0.358. The van der Waals surface area contributed by atoms with Crippen LogP contribution < -0.4 is 10.6 Å². The SMILES string of the molecule is Cc1nnc(CN=C(NCCCN2CCOCC2)NC(C)CCC(C)C)n1C. The minimum absolute atomic E-state index is 0.383. The molecule has 2 heterocycles. The lowest BCUT2D eigenvalue weighted by atomic mass is 10.0. The number of aliphatic imine (C=N–C) groups is 1. The van der Waals surface area contributed by atoms with Crippen LogP contribution in [0.15, 0.2) is 4.99 Å². The molecule has 1 aromatic heterocycles. The Bertz CT molecular complexity index is 593. The maximum atomic E-state index is 5.41. The van der Waals surface area contributed by atoms with E-state index in [1.54, 1.807) is 0 Å². The van der Waals surface area contributed by atoms with E-state index in [4.69, 9.17) is 9.73 Å². The fourth-order valence-corrected chi connectivity index (χ4v) is 3.11. The number of rotatable bonds is 10. The summed E-state index contributed by atoms with van der Waals surface area (Å²) in [6.07, 6.45) is 3.43. The van der Waals surface area contributed by atoms with Gasteiger partial charge in [0.05, 0.1) is 13.2 Å². The van der Waals surface area contributed by atoms with E-state index >= 15 is 0 Å². The van der Waals surface area contributed by atoms with Crippen LogP contribution in [0.2, 0.25) is 0 Å². The van der Waals surface area contributed by atoms with Crippen molar-refractivity contribution >= 4 is 5.96 Å². The average molecular weight is 394 g/mol. The van der Waals surface area contributed by atoms with Crippen molar-refractivity contribution < 1.29 is 4.74 Å². The van der Waals surface area contributed by atoms with Crippen molar-refractivity contribution in [3.8, 4) is 0 Å². The highest BCUT2D eigenvalue weighted by Gasteiger charge is 2.11. The Morgan fingerprint density at radius 3 is 2.57 bits per heavy atom. The van der Waals surface area contributed by atoms with Crippen molar-refractivity contribution in [1.29, 1.82) is 0 Å². The number of aryl methyl sites for hydroxylation is 1. The number of hydrogen-bond donors (Lipinski definition) is 2. The van der Waals surface area contributed by atoms with Crippen LogP contribution in [0.3, 0.4) is 0 Å². The molecule has 28 heavy (non-hydrogen) atoms. The molecular formula is C20H39N7O. The molecule has 1 atom stereocenters. The fraction of sp³-hybridized carbons (Fsp3) is 0.850. The summed E-state index contributed by atoms with van der Waals surface area (Å²) in [5, 5.41) is 15.4. The van der Waals surface area contributed by atoms with E-state index in [0.29, 0.717) is 18.5 Å². The second kappa shape index (κ2) is 12.0. The van der Waals surface area contributed by atoms with Gasteiger partial charge in [-0.25, -0.2) is 4.99 Å². The number of guanidine groups is 1. The van der Waals surface area contributed by atoms with Gasteiger partial charge in [0, 0.05) is 32.7 Å². The number of ether oxygens (including phenoxy) is 1. The molecule has 1 fully saturated rings. The fourth-order valence-electron chi connectivity index (χ4n) is 3.11. The normalized spacial score (nSPS) is 17.1. The monoisotopic (exact) mass is 393 g/mol. The first-order valence-corrected chi connectivity index (χ1v) is 10.7. The number of hydrogen-bond acceptors (Lipinski definition) is 5. The van der Waals surface area contributed by atoms with Crippen molar-refractivity contribution in [2.75, 3.05) is 39.4 Å². The highest BCUT2D eigenvalue weighted by Crippen LogP contribution is 2.06. The van der Waals surface area contributed by atoms with Crippen molar-refractivity contribution in [3.05, 3.63) is 11.6 Å². The standard InChI is InChI=1S/C20H39N7O/c1-16(2)7-8-17(3)23-20(22-15-19-25-24-18(4)26(19)5)21-9-6-10-27-11-13-28-14-12-27/h16-17H,6-15H2,1-5H3,(H2,21,22,23). The van der Waals surface area contributed by atoms with Crippen molar-refractivity contribution in [3.63, 3.8) is 0 Å². The van der Waals surface area contributed by atoms with Crippen molar-refractivity contribution in [2.24, 2.45) is 18.0 Å². The van der Waals surface area contributed by atoms with Crippen LogP contribution in [0.25, 0.3) is 0 Å². The Kier molecular flexibility index (Phi) is 9.70. The molecule has 8 heteroatoms. The highest BCUT2D eigenvalue weighted by atomic mass is 16.5. The molecule has 8 nitrogen and oxygen atoms in total. The van der Waals surface area contributed by atoms with Crippen LogP contribution in [0, 0.1) is 12.8 Å². The van der Waals surface area contributed by atoms with Gasteiger partial charge in [-0.1, -0.05) is 13.8 Å². The third kappa shape index (κ3) is 8.14. The first kappa shape index (κ1) is 22.6. The Morgan fingerprint density at radius 1 is 1.18 bits per heavy atom. The van der Waals surface area contributed by atoms with Gasteiger partial charge in [-0.15, -0.1) is 10.2 Å². The van der Waals surface area contributed by atoms with E-state index in [1.165, 1.54) is 6.42 Å². The summed E-state index contributed by atoms with van der Waals surface area (Å²) in [5.74, 6) is 3.36. The van der Waals surface area contributed by atoms with E-state index in [0.717, 1.165) is 69.8 Å². The summed E-state index contributed by atoms with van der Waals surface area (Å²) in [6.45, 7) is 15.0. The second-order valence-electron chi connectivity index (χ2n) is 8.14. The van der Waals surface area contributed by atoms with Crippen LogP contribution in [0.5, 0.6) is 0 Å². The zero-order chi connectivity index (χ0) is 20.4. The van der Waals surface area contributed by atoms with E-state index < -0.39 is 0 Å². The predicted molar refractivity (Wildman–Crippen MR) is 113 cm³/mol. The topological polar surface area (TPSA) is 79.6 Å². The Hall–Kier alpha value is -1.67. The van der Waals surface area contributed by atoms with Gasteiger partial charge in [-0.2, -0.15) is 0 Å². The Labute approximate surface area is 170 Å². The minimum Gasteiger partial charge on any atom is -0.379 e. The van der Waals surface area contributed by atoms with Gasteiger partial charge in [-0.05, 0) is 45.6 Å². The van der Waals surface area contributed by atoms with Gasteiger partial charge >= 0.3 is 0 Å². The first-order valence-electron chi connectivity index (χ1n) is 10.7. The van der Waals surface area contributed by atoms with E-state index in [-0.39, 0.29) is 0 Å². The predicted octanol–water partition coefficient (Wildman–Crippen LogP) is 1.71. The van der Waals surface area contributed by atoms with Crippen LogP contribution in [-0.4, -0.2) is 71.1 Å². The third-order valence-corrected chi connectivity index (χ3v) is 5.17. The molecule has 160 valence electrons. The molecule has 2 rings (SSSR count). The van der Waals surface area contributed by atoms with Crippen molar-refractivity contribution in [2.45, 2.75) is 59.5 Å². The van der Waals surface area contributed by atoms with Crippen LogP contribution in [-0.2, 0) is 18.3 Å². The van der Waals surface area contributed by atoms with Crippen LogP contribution in [0.1, 0.15) is 51.7 Å². The lowest BCUT2D eigenvalue weighted by Gasteiger charge is -2.26. The Morgan fingerprint density at radius 2 is 1.93 bits per heavy atom. The summed E-state index contributed by atoms with van der Waals surface area (Å²) in [7, 11) is 1.98. The smallest absolute Gasteiger partial charge is 0.191 e. The lowest BCUT2D eigenvalue weighted by molar-refractivity contribution is 0.0376. The van der Waals surface area contributed by atoms with Crippen molar-refractivity contribution in [1.82, 2.24) is 30.3 Å². The summed E-state index contributed by atoms with van der Waals surface area (Å²) in [6, 6.07) is 0.383. The molecule has 0 saturated carbocycles. The molecule has 1 unspecified atom stereocenters. The molecule has 0 aliphatic carbocycles. The highest BCUT2D eigenvalue weighted by molar-refractivity contribution is 5.80. The molecular weight excluding hydrogens is 354 g/mol. The maximum absolute atomic E-state index is 5.41. The summed E-state index contributed by atoms with van der Waals surface area (Å²) < 4.78 is 7.40. The molecule has 0 radical (unpaired) electrons. The first-order chi connectivity index (χ1) is 13.5. The molecule has 1 aromatic rings. The van der Waals surface area contributed by atoms with E-state index in [2.05, 4.69) is 46.5 Å². The van der Waals surface area contributed by atoms with Gasteiger partial charge in [-0.3, -0.25) is 4.90 Å². The molecule has 0 bridgehead atoms. The van der Waals surface area contributed by atoms with Gasteiger partial charge in [0.2, 0.25) is 0 Å². The molecule has 1 saturated heterocycles. The molecule has 2 N–H and O–H groups in total. The van der Waals surface area contributed by atoms with Crippen LogP contribution >= 0.6 is 0 Å². The second-order valence-corrected chi connectivity index (χ2v) is 8.14. The number of nitrogens with one attached hydrogen (secondary N) is 2. The molecule has 0 spiro atoms. The molecule has 1 aliphatic heterocycles. The average Bonchev–Trinajstić information content (AvgIpc) is 3.00. The minimum atomic E-state index is 0.383. The van der Waals surface area contributed by atoms with Gasteiger partial charge in [0.15, 0.2) is 11.8 Å². The number of morpholine rings is 1.